The molecule has 0 saturated heterocycles. The van der Waals surface area contributed by atoms with Crippen molar-refractivity contribution in [2.45, 2.75) is 40.5 Å². The number of benzene rings is 1. The molecule has 0 unspecified atom stereocenters. The number of hydrogen-bond acceptors (Lipinski definition) is 2. The van der Waals surface area contributed by atoms with Crippen LogP contribution in [0.1, 0.15) is 39.2 Å². The average Bonchev–Trinajstić information content (AvgIpc) is 3.31. The van der Waals surface area contributed by atoms with Crippen LogP contribution >= 0.6 is 0 Å². The zero-order valence-corrected chi connectivity index (χ0v) is 14.1. The van der Waals surface area contributed by atoms with E-state index in [-0.39, 0.29) is 11.8 Å². The van der Waals surface area contributed by atoms with E-state index in [9.17, 15) is 9.59 Å². The zero-order valence-electron chi connectivity index (χ0n) is 14.1. The summed E-state index contributed by atoms with van der Waals surface area (Å²) in [7, 11) is 0. The molecule has 0 radical (unpaired) electrons. The van der Waals surface area contributed by atoms with Crippen LogP contribution in [-0.4, -0.2) is 36.3 Å². The minimum atomic E-state index is -0.814. The number of carbonyl (C=O) groups excluding carboxylic acids is 2. The van der Waals surface area contributed by atoms with Gasteiger partial charge in [-0.1, -0.05) is 12.1 Å². The number of aryl methyl sites for hydroxylation is 1. The van der Waals surface area contributed by atoms with Gasteiger partial charge in [0.25, 0.3) is 0 Å². The first kappa shape index (κ1) is 16.5. The number of nitrogens with zero attached hydrogens (tertiary/aromatic N) is 2. The van der Waals surface area contributed by atoms with Gasteiger partial charge in [-0.25, -0.2) is 0 Å². The van der Waals surface area contributed by atoms with Gasteiger partial charge >= 0.3 is 0 Å². The van der Waals surface area contributed by atoms with Crippen LogP contribution in [0, 0.1) is 12.3 Å². The van der Waals surface area contributed by atoms with Crippen molar-refractivity contribution >= 4 is 17.5 Å². The highest BCUT2D eigenvalue weighted by Gasteiger charge is 2.59. The maximum Gasteiger partial charge on any atom is 0.242 e. The normalized spacial score (nSPS) is 15.3. The summed E-state index contributed by atoms with van der Waals surface area (Å²) in [5.74, 6) is -0.0499. The molecule has 0 atom stereocenters. The van der Waals surface area contributed by atoms with E-state index < -0.39 is 5.41 Å². The van der Waals surface area contributed by atoms with E-state index in [0.717, 1.165) is 11.3 Å². The van der Waals surface area contributed by atoms with Crippen LogP contribution in [0.5, 0.6) is 0 Å². The minimum Gasteiger partial charge on any atom is -0.342 e. The van der Waals surface area contributed by atoms with E-state index >= 15 is 0 Å². The summed E-state index contributed by atoms with van der Waals surface area (Å²) in [5.41, 5.74) is 1.18. The number of amides is 2. The number of hydrogen-bond donors (Lipinski definition) is 0. The fraction of sp³-hybridized carbons (Fsp3) is 0.556. The van der Waals surface area contributed by atoms with Crippen molar-refractivity contribution < 1.29 is 9.59 Å². The van der Waals surface area contributed by atoms with Gasteiger partial charge in [0.2, 0.25) is 11.8 Å². The van der Waals surface area contributed by atoms with Gasteiger partial charge in [0.1, 0.15) is 5.41 Å². The molecule has 4 heteroatoms. The summed E-state index contributed by atoms with van der Waals surface area (Å²) in [5, 5.41) is 0. The Morgan fingerprint density at radius 3 is 2.14 bits per heavy atom. The highest BCUT2D eigenvalue weighted by atomic mass is 16.2. The monoisotopic (exact) mass is 302 g/mol. The van der Waals surface area contributed by atoms with Gasteiger partial charge in [-0.3, -0.25) is 9.59 Å². The SMILES string of the molecule is CCN(CC)C(=O)C1(C(=O)N(CC)c2cccc(C)c2)CC1. The van der Waals surface area contributed by atoms with Gasteiger partial charge < -0.3 is 9.80 Å². The summed E-state index contributed by atoms with van der Waals surface area (Å²) < 4.78 is 0. The molecule has 0 aromatic heterocycles. The van der Waals surface area contributed by atoms with E-state index in [4.69, 9.17) is 0 Å². The van der Waals surface area contributed by atoms with Gasteiger partial charge in [-0.15, -0.1) is 0 Å². The van der Waals surface area contributed by atoms with Crippen LogP contribution in [0.15, 0.2) is 24.3 Å². The highest BCUT2D eigenvalue weighted by molar-refractivity contribution is 6.14. The molecule has 0 aliphatic heterocycles. The van der Waals surface area contributed by atoms with Crippen LogP contribution in [0.2, 0.25) is 0 Å². The van der Waals surface area contributed by atoms with Crippen molar-refractivity contribution in [1.82, 2.24) is 4.90 Å². The van der Waals surface area contributed by atoms with Crippen LogP contribution in [0.4, 0.5) is 5.69 Å². The molecule has 1 aromatic rings. The van der Waals surface area contributed by atoms with Gasteiger partial charge in [0, 0.05) is 25.3 Å². The summed E-state index contributed by atoms with van der Waals surface area (Å²) in [6.45, 7) is 9.77. The fourth-order valence-electron chi connectivity index (χ4n) is 2.96. The average molecular weight is 302 g/mol. The van der Waals surface area contributed by atoms with Crippen LogP contribution < -0.4 is 4.90 Å². The Kier molecular flexibility index (Phi) is 4.89. The summed E-state index contributed by atoms with van der Waals surface area (Å²) >= 11 is 0. The molecule has 0 bridgehead atoms. The Morgan fingerprint density at radius 1 is 1.05 bits per heavy atom. The third-order valence-corrected chi connectivity index (χ3v) is 4.49. The molecule has 0 spiro atoms. The molecule has 0 N–H and O–H groups in total. The molecular weight excluding hydrogens is 276 g/mol. The molecule has 0 heterocycles. The van der Waals surface area contributed by atoms with E-state index in [0.29, 0.717) is 32.5 Å². The Morgan fingerprint density at radius 2 is 1.68 bits per heavy atom. The third kappa shape index (κ3) is 2.87. The van der Waals surface area contributed by atoms with E-state index in [1.807, 2.05) is 52.0 Å². The smallest absolute Gasteiger partial charge is 0.242 e. The highest BCUT2D eigenvalue weighted by Crippen LogP contribution is 2.49. The quantitative estimate of drug-likeness (QED) is 0.758. The number of carbonyl (C=O) groups is 2. The molecule has 4 nitrogen and oxygen atoms in total. The lowest BCUT2D eigenvalue weighted by Gasteiger charge is -2.29. The Bertz CT molecular complexity index is 560. The van der Waals surface area contributed by atoms with E-state index in [1.165, 1.54) is 0 Å². The van der Waals surface area contributed by atoms with Gasteiger partial charge in [0.05, 0.1) is 0 Å². The predicted molar refractivity (Wildman–Crippen MR) is 88.8 cm³/mol. The van der Waals surface area contributed by atoms with Crippen molar-refractivity contribution in [3.05, 3.63) is 29.8 Å². The molecule has 2 rings (SSSR count). The maximum absolute atomic E-state index is 13.0. The molecule has 1 aliphatic carbocycles. The van der Waals surface area contributed by atoms with Crippen LogP contribution in [0.25, 0.3) is 0 Å². The van der Waals surface area contributed by atoms with Crippen LogP contribution in [-0.2, 0) is 9.59 Å². The standard InChI is InChI=1S/C18H26N2O2/c1-5-19(6-2)16(21)18(11-12-18)17(22)20(7-3)15-10-8-9-14(4)13-15/h8-10,13H,5-7,11-12H2,1-4H3. The molecule has 1 saturated carbocycles. The number of anilines is 1. The molecule has 2 amide bonds. The second kappa shape index (κ2) is 6.51. The topological polar surface area (TPSA) is 40.6 Å². The van der Waals surface area contributed by atoms with Crippen molar-refractivity contribution in [3.63, 3.8) is 0 Å². The minimum absolute atomic E-state index is 0.00592. The largest absolute Gasteiger partial charge is 0.342 e. The first-order valence-corrected chi connectivity index (χ1v) is 8.18. The van der Waals surface area contributed by atoms with Gasteiger partial charge in [-0.05, 0) is 58.2 Å². The molecule has 22 heavy (non-hydrogen) atoms. The molecule has 1 fully saturated rings. The Labute approximate surface area is 133 Å². The molecule has 1 aliphatic rings. The summed E-state index contributed by atoms with van der Waals surface area (Å²) in [4.78, 5) is 29.3. The molecular formula is C18H26N2O2. The van der Waals surface area contributed by atoms with Gasteiger partial charge in [-0.2, -0.15) is 0 Å². The second-order valence-electron chi connectivity index (χ2n) is 5.95. The van der Waals surface area contributed by atoms with Gasteiger partial charge in [0.15, 0.2) is 0 Å². The van der Waals surface area contributed by atoms with Crippen molar-refractivity contribution in [3.8, 4) is 0 Å². The molecule has 1 aromatic carbocycles. The lowest BCUT2D eigenvalue weighted by atomic mass is 10.0. The van der Waals surface area contributed by atoms with E-state index in [2.05, 4.69) is 0 Å². The van der Waals surface area contributed by atoms with E-state index in [1.54, 1.807) is 9.80 Å². The molecule has 120 valence electrons. The third-order valence-electron chi connectivity index (χ3n) is 4.49. The fourth-order valence-corrected chi connectivity index (χ4v) is 2.96. The second-order valence-corrected chi connectivity index (χ2v) is 5.95. The predicted octanol–water partition coefficient (Wildman–Crippen LogP) is 3.00. The summed E-state index contributed by atoms with van der Waals surface area (Å²) in [6, 6.07) is 7.90. The van der Waals surface area contributed by atoms with Crippen molar-refractivity contribution in [2.75, 3.05) is 24.5 Å². The summed E-state index contributed by atoms with van der Waals surface area (Å²) in [6.07, 6.45) is 1.34. The first-order valence-electron chi connectivity index (χ1n) is 8.18. The van der Waals surface area contributed by atoms with Crippen LogP contribution in [0.3, 0.4) is 0 Å². The number of rotatable bonds is 6. The first-order chi connectivity index (χ1) is 10.5. The Hall–Kier alpha value is -1.84. The maximum atomic E-state index is 13.0. The zero-order chi connectivity index (χ0) is 16.3. The lowest BCUT2D eigenvalue weighted by molar-refractivity contribution is -0.142. The Balaban J connectivity index is 2.27. The lowest BCUT2D eigenvalue weighted by Crippen LogP contribution is -2.47. The van der Waals surface area contributed by atoms with Crippen molar-refractivity contribution in [1.29, 1.82) is 0 Å². The van der Waals surface area contributed by atoms with Crippen molar-refractivity contribution in [2.24, 2.45) is 5.41 Å².